The lowest BCUT2D eigenvalue weighted by atomic mass is 9.50. The van der Waals surface area contributed by atoms with E-state index in [4.69, 9.17) is 0 Å². The van der Waals surface area contributed by atoms with Crippen LogP contribution in [0.5, 0.6) is 0 Å². The molecule has 0 amide bonds. The molecule has 0 spiro atoms. The van der Waals surface area contributed by atoms with Crippen molar-refractivity contribution in [1.29, 1.82) is 0 Å². The highest BCUT2D eigenvalue weighted by molar-refractivity contribution is 7.80. The number of rotatable bonds is 3. The molecule has 1 unspecified atom stereocenters. The SMILES string of the molecule is C[C@]12C[C@H](c3ccc(-c4ccc(S)cc4)cc3)C3=C4CCC(=O)C=C4CC[C@H]3[C@@H]1CCC2(O)C(F)(F)C(F)(F)F. The fourth-order valence-corrected chi connectivity index (χ4v) is 8.43. The molecule has 2 saturated carbocycles. The third-order valence-electron chi connectivity index (χ3n) is 10.3. The highest BCUT2D eigenvalue weighted by Crippen LogP contribution is 2.70. The summed E-state index contributed by atoms with van der Waals surface area (Å²) in [6, 6.07) is 15.4. The second-order valence-corrected chi connectivity index (χ2v) is 12.7. The first-order valence-electron chi connectivity index (χ1n) is 13.8. The summed E-state index contributed by atoms with van der Waals surface area (Å²) >= 11 is 4.33. The first-order valence-corrected chi connectivity index (χ1v) is 14.2. The van der Waals surface area contributed by atoms with Crippen LogP contribution in [0.4, 0.5) is 22.0 Å². The highest BCUT2D eigenvalue weighted by Gasteiger charge is 2.79. The second-order valence-electron chi connectivity index (χ2n) is 12.1. The summed E-state index contributed by atoms with van der Waals surface area (Å²) in [4.78, 5) is 13.0. The fourth-order valence-electron chi connectivity index (χ4n) is 8.28. The standard InChI is InChI=1S/C32H31F5O2S/c1-29-17-26(20-4-2-18(3-5-20)19-6-10-23(40)11-7-19)28-24-13-9-22(38)16-21(24)8-12-25(28)27(29)14-15-30(29,39)31(33,34)32(35,36)37/h2-7,10-11,16,25-27,39-40H,8-9,12-15,17H2,1H3/t25-,26+,27-,29-,30?/m0/s1. The van der Waals surface area contributed by atoms with Crippen LogP contribution in [0.25, 0.3) is 11.1 Å². The number of allylic oxidation sites excluding steroid dienone is 4. The molecule has 0 radical (unpaired) electrons. The molecule has 0 heterocycles. The van der Waals surface area contributed by atoms with E-state index in [0.29, 0.717) is 25.7 Å². The molecular formula is C32H31F5O2S. The maximum absolute atomic E-state index is 15.1. The van der Waals surface area contributed by atoms with E-state index < -0.39 is 41.4 Å². The van der Waals surface area contributed by atoms with Crippen LogP contribution in [-0.2, 0) is 4.79 Å². The molecule has 212 valence electrons. The molecule has 0 aromatic heterocycles. The predicted octanol–water partition coefficient (Wildman–Crippen LogP) is 8.47. The average Bonchev–Trinajstić information content (AvgIpc) is 3.19. The Labute approximate surface area is 235 Å². The molecule has 8 heteroatoms. The van der Waals surface area contributed by atoms with Crippen molar-refractivity contribution in [1.82, 2.24) is 0 Å². The fraction of sp³-hybridized carbons (Fsp3) is 0.469. The number of carbonyl (C=O) groups is 1. The van der Waals surface area contributed by atoms with E-state index in [1.165, 1.54) is 6.92 Å². The van der Waals surface area contributed by atoms with E-state index in [0.717, 1.165) is 38.3 Å². The van der Waals surface area contributed by atoms with Crippen molar-refractivity contribution in [3.05, 3.63) is 76.9 Å². The third-order valence-corrected chi connectivity index (χ3v) is 10.6. The zero-order chi connectivity index (χ0) is 28.7. The number of benzene rings is 2. The van der Waals surface area contributed by atoms with Gasteiger partial charge in [0.15, 0.2) is 5.78 Å². The molecule has 4 aliphatic rings. The van der Waals surface area contributed by atoms with Gasteiger partial charge in [-0.1, -0.05) is 48.9 Å². The minimum atomic E-state index is -5.86. The molecule has 6 rings (SSSR count). The van der Waals surface area contributed by atoms with Gasteiger partial charge in [-0.2, -0.15) is 22.0 Å². The number of aliphatic hydroxyl groups is 1. The van der Waals surface area contributed by atoms with Gasteiger partial charge in [0.25, 0.3) is 0 Å². The lowest BCUT2D eigenvalue weighted by Gasteiger charge is -2.56. The van der Waals surface area contributed by atoms with E-state index in [-0.39, 0.29) is 24.5 Å². The van der Waals surface area contributed by atoms with Gasteiger partial charge in [0, 0.05) is 22.6 Å². The molecule has 0 bridgehead atoms. The minimum absolute atomic E-state index is 0.0237. The molecule has 2 nitrogen and oxygen atoms in total. The summed E-state index contributed by atoms with van der Waals surface area (Å²) in [5, 5.41) is 11.4. The predicted molar refractivity (Wildman–Crippen MR) is 145 cm³/mol. The Hall–Kier alpha value is -2.45. The van der Waals surface area contributed by atoms with Gasteiger partial charge < -0.3 is 5.11 Å². The van der Waals surface area contributed by atoms with Crippen molar-refractivity contribution in [2.75, 3.05) is 0 Å². The Morgan fingerprint density at radius 2 is 1.52 bits per heavy atom. The van der Waals surface area contributed by atoms with Crippen LogP contribution in [-0.4, -0.2) is 28.6 Å². The van der Waals surface area contributed by atoms with E-state index in [2.05, 4.69) is 12.6 Å². The van der Waals surface area contributed by atoms with Crippen LogP contribution in [0.1, 0.15) is 63.4 Å². The Bertz CT molecular complexity index is 1410. The third kappa shape index (κ3) is 3.96. The van der Waals surface area contributed by atoms with Crippen molar-refractivity contribution in [3.8, 4) is 11.1 Å². The lowest BCUT2D eigenvalue weighted by molar-refractivity contribution is -0.362. The molecular weight excluding hydrogens is 543 g/mol. The molecule has 2 aromatic rings. The minimum Gasteiger partial charge on any atom is -0.383 e. The van der Waals surface area contributed by atoms with Crippen LogP contribution in [0.2, 0.25) is 0 Å². The molecule has 0 aliphatic heterocycles. The number of alkyl halides is 5. The number of halogens is 5. The van der Waals surface area contributed by atoms with Gasteiger partial charge >= 0.3 is 12.1 Å². The number of hydrogen-bond acceptors (Lipinski definition) is 3. The number of ketones is 1. The van der Waals surface area contributed by atoms with E-state index >= 15 is 8.78 Å². The van der Waals surface area contributed by atoms with Crippen LogP contribution >= 0.6 is 12.6 Å². The molecule has 40 heavy (non-hydrogen) atoms. The first kappa shape index (κ1) is 27.7. The van der Waals surface area contributed by atoms with Gasteiger partial charge in [0.05, 0.1) is 0 Å². The number of hydrogen-bond donors (Lipinski definition) is 2. The molecule has 4 aliphatic carbocycles. The van der Waals surface area contributed by atoms with E-state index in [9.17, 15) is 23.1 Å². The highest BCUT2D eigenvalue weighted by atomic mass is 32.1. The van der Waals surface area contributed by atoms with Crippen molar-refractivity contribution < 1.29 is 31.9 Å². The molecule has 5 atom stereocenters. The normalized spacial score (nSPS) is 32.4. The Balaban J connectivity index is 1.48. The zero-order valence-electron chi connectivity index (χ0n) is 22.1. The number of fused-ring (bicyclic) bond motifs is 4. The maximum atomic E-state index is 15.1. The van der Waals surface area contributed by atoms with Gasteiger partial charge in [-0.25, -0.2) is 0 Å². The number of carbonyl (C=O) groups excluding carboxylic acids is 1. The maximum Gasteiger partial charge on any atom is 0.456 e. The van der Waals surface area contributed by atoms with Crippen molar-refractivity contribution in [2.45, 2.75) is 80.4 Å². The zero-order valence-corrected chi connectivity index (χ0v) is 23.0. The van der Waals surface area contributed by atoms with Gasteiger partial charge in [-0.3, -0.25) is 4.79 Å². The summed E-state index contributed by atoms with van der Waals surface area (Å²) in [6.45, 7) is 1.45. The van der Waals surface area contributed by atoms with Crippen LogP contribution < -0.4 is 0 Å². The van der Waals surface area contributed by atoms with Gasteiger partial charge in [-0.15, -0.1) is 12.6 Å². The smallest absolute Gasteiger partial charge is 0.383 e. The van der Waals surface area contributed by atoms with Crippen LogP contribution in [0.3, 0.4) is 0 Å². The van der Waals surface area contributed by atoms with Crippen molar-refractivity contribution in [3.63, 3.8) is 0 Å². The van der Waals surface area contributed by atoms with Crippen LogP contribution in [0, 0.1) is 17.3 Å². The quantitative estimate of drug-likeness (QED) is 0.285. The van der Waals surface area contributed by atoms with Crippen molar-refractivity contribution in [2.24, 2.45) is 17.3 Å². The summed E-state index contributed by atoms with van der Waals surface area (Å²) < 4.78 is 71.5. The molecule has 2 fully saturated rings. The molecule has 0 saturated heterocycles. The monoisotopic (exact) mass is 574 g/mol. The van der Waals surface area contributed by atoms with Crippen molar-refractivity contribution >= 4 is 18.4 Å². The summed E-state index contributed by atoms with van der Waals surface area (Å²) in [5.41, 5.74) is 0.984. The van der Waals surface area contributed by atoms with Gasteiger partial charge in [0.1, 0.15) is 5.60 Å². The second kappa shape index (κ2) is 9.28. The summed E-state index contributed by atoms with van der Waals surface area (Å²) in [5.74, 6) is -6.36. The lowest BCUT2D eigenvalue weighted by Crippen LogP contribution is -2.65. The van der Waals surface area contributed by atoms with E-state index in [1.807, 2.05) is 48.5 Å². The topological polar surface area (TPSA) is 37.3 Å². The Kier molecular flexibility index (Phi) is 6.43. The average molecular weight is 575 g/mol. The number of thiol groups is 1. The first-order chi connectivity index (χ1) is 18.8. The molecule has 1 N–H and O–H groups in total. The van der Waals surface area contributed by atoms with E-state index in [1.54, 1.807) is 6.08 Å². The molecule has 2 aromatic carbocycles. The Morgan fingerprint density at radius 3 is 2.15 bits per heavy atom. The van der Waals surface area contributed by atoms with Gasteiger partial charge in [-0.05, 0) is 96.4 Å². The summed E-state index contributed by atoms with van der Waals surface area (Å²) in [7, 11) is 0. The Morgan fingerprint density at radius 1 is 0.900 bits per heavy atom. The van der Waals surface area contributed by atoms with Crippen LogP contribution in [0.15, 0.2) is 76.2 Å². The summed E-state index contributed by atoms with van der Waals surface area (Å²) in [6.07, 6.45) is -2.64. The van der Waals surface area contributed by atoms with Gasteiger partial charge in [0.2, 0.25) is 0 Å². The largest absolute Gasteiger partial charge is 0.456 e.